The molecule has 0 spiro atoms. The van der Waals surface area contributed by atoms with Crippen LogP contribution in [0.1, 0.15) is 48.9 Å². The first-order valence-electron chi connectivity index (χ1n) is 7.94. The van der Waals surface area contributed by atoms with E-state index in [1.54, 1.807) is 0 Å². The molecule has 4 rings (SSSR count). The number of allylic oxidation sites excluding steroid dienone is 2. The van der Waals surface area contributed by atoms with Gasteiger partial charge < -0.3 is 4.74 Å². The molecule has 1 aromatic rings. The Morgan fingerprint density at radius 3 is 2.61 bits per heavy atom. The van der Waals surface area contributed by atoms with E-state index < -0.39 is 11.1 Å². The van der Waals surface area contributed by atoms with Crippen molar-refractivity contribution in [2.24, 2.45) is 5.41 Å². The van der Waals surface area contributed by atoms with Gasteiger partial charge in [0.2, 0.25) is 0 Å². The number of ether oxygens (including phenoxy) is 1. The van der Waals surface area contributed by atoms with Gasteiger partial charge in [0.05, 0.1) is 12.4 Å². The van der Waals surface area contributed by atoms with Gasteiger partial charge in [-0.15, -0.1) is 0 Å². The van der Waals surface area contributed by atoms with Gasteiger partial charge in [0.15, 0.2) is 16.9 Å². The van der Waals surface area contributed by atoms with Gasteiger partial charge in [-0.05, 0) is 33.7 Å². The minimum absolute atomic E-state index is 0.0313. The molecule has 23 heavy (non-hydrogen) atoms. The SMILES string of the molecule is CC1(C)CC(=O)C2=C(C1)OCc1cc3c(cc1C2)CS(=O)OC3. The minimum atomic E-state index is -1.24. The number of fused-ring (bicyclic) bond motifs is 2. The monoisotopic (exact) mass is 332 g/mol. The summed E-state index contributed by atoms with van der Waals surface area (Å²) in [7, 11) is 0. The molecule has 2 heterocycles. The Hall–Kier alpha value is -1.46. The third-order valence-electron chi connectivity index (χ3n) is 4.86. The number of benzene rings is 1. The second-order valence-corrected chi connectivity index (χ2v) is 8.54. The van der Waals surface area contributed by atoms with Crippen LogP contribution in [0.5, 0.6) is 0 Å². The first kappa shape index (κ1) is 15.1. The molecule has 1 aromatic carbocycles. The van der Waals surface area contributed by atoms with Gasteiger partial charge in [-0.3, -0.25) is 8.98 Å². The highest BCUT2D eigenvalue weighted by molar-refractivity contribution is 7.79. The molecular formula is C18H20O4S. The van der Waals surface area contributed by atoms with E-state index in [-0.39, 0.29) is 11.2 Å². The number of Topliss-reactive ketones (excluding diaryl/α,β-unsaturated/α-hetero) is 1. The summed E-state index contributed by atoms with van der Waals surface area (Å²) in [5, 5.41) is 0. The Bertz CT molecular complexity index is 761. The zero-order valence-corrected chi connectivity index (χ0v) is 14.3. The van der Waals surface area contributed by atoms with Crippen molar-refractivity contribution in [2.45, 2.75) is 52.1 Å². The summed E-state index contributed by atoms with van der Waals surface area (Å²) in [6, 6.07) is 4.19. The van der Waals surface area contributed by atoms with Gasteiger partial charge in [0.25, 0.3) is 0 Å². The fourth-order valence-electron chi connectivity index (χ4n) is 3.65. The van der Waals surface area contributed by atoms with Crippen LogP contribution < -0.4 is 0 Å². The molecule has 1 aliphatic carbocycles. The summed E-state index contributed by atoms with van der Waals surface area (Å²) >= 11 is -1.24. The van der Waals surface area contributed by atoms with Crippen LogP contribution in [-0.2, 0) is 50.2 Å². The summed E-state index contributed by atoms with van der Waals surface area (Å²) in [5.74, 6) is 1.49. The van der Waals surface area contributed by atoms with E-state index in [0.29, 0.717) is 31.8 Å². The highest BCUT2D eigenvalue weighted by Gasteiger charge is 2.35. The molecule has 0 aromatic heterocycles. The van der Waals surface area contributed by atoms with Crippen LogP contribution in [0.3, 0.4) is 0 Å². The quantitative estimate of drug-likeness (QED) is 0.732. The van der Waals surface area contributed by atoms with Gasteiger partial charge in [-0.25, -0.2) is 4.21 Å². The van der Waals surface area contributed by atoms with Crippen LogP contribution in [0, 0.1) is 5.41 Å². The maximum atomic E-state index is 12.5. The Morgan fingerprint density at radius 1 is 1.04 bits per heavy atom. The average Bonchev–Trinajstić information content (AvgIpc) is 2.63. The molecule has 2 aliphatic heterocycles. The molecule has 3 aliphatic rings. The fraction of sp³-hybridized carbons (Fsp3) is 0.500. The molecule has 1 atom stereocenters. The van der Waals surface area contributed by atoms with Gasteiger partial charge >= 0.3 is 0 Å². The maximum absolute atomic E-state index is 12.5. The van der Waals surface area contributed by atoms with E-state index in [9.17, 15) is 9.00 Å². The van der Waals surface area contributed by atoms with E-state index in [1.165, 1.54) is 0 Å². The molecular weight excluding hydrogens is 312 g/mol. The Balaban J connectivity index is 1.73. The minimum Gasteiger partial charge on any atom is -0.493 e. The van der Waals surface area contributed by atoms with Crippen LogP contribution in [0.4, 0.5) is 0 Å². The molecule has 1 unspecified atom stereocenters. The van der Waals surface area contributed by atoms with Crippen molar-refractivity contribution < 1.29 is 17.9 Å². The Morgan fingerprint density at radius 2 is 1.78 bits per heavy atom. The zero-order valence-electron chi connectivity index (χ0n) is 13.4. The number of hydrogen-bond acceptors (Lipinski definition) is 4. The van der Waals surface area contributed by atoms with E-state index in [2.05, 4.69) is 26.0 Å². The lowest BCUT2D eigenvalue weighted by atomic mass is 9.75. The van der Waals surface area contributed by atoms with Crippen LogP contribution >= 0.6 is 0 Å². The normalized spacial score (nSPS) is 25.8. The molecule has 0 bridgehead atoms. The summed E-state index contributed by atoms with van der Waals surface area (Å²) in [5.41, 5.74) is 5.19. The molecule has 0 saturated carbocycles. The lowest BCUT2D eigenvalue weighted by molar-refractivity contribution is -0.118. The fourth-order valence-corrected chi connectivity index (χ4v) is 4.51. The number of carbonyl (C=O) groups is 1. The Kier molecular flexibility index (Phi) is 3.46. The van der Waals surface area contributed by atoms with Crippen molar-refractivity contribution in [1.82, 2.24) is 0 Å². The van der Waals surface area contributed by atoms with E-state index in [4.69, 9.17) is 8.92 Å². The third kappa shape index (κ3) is 2.76. The highest BCUT2D eigenvalue weighted by Crippen LogP contribution is 2.40. The maximum Gasteiger partial charge on any atom is 0.163 e. The molecule has 0 N–H and O–H groups in total. The molecule has 5 heteroatoms. The topological polar surface area (TPSA) is 52.6 Å². The number of ketones is 1. The van der Waals surface area contributed by atoms with Crippen LogP contribution in [0.15, 0.2) is 23.5 Å². The second-order valence-electron chi connectivity index (χ2n) is 7.41. The van der Waals surface area contributed by atoms with Gasteiger partial charge in [-0.1, -0.05) is 19.9 Å². The average molecular weight is 332 g/mol. The van der Waals surface area contributed by atoms with Crippen molar-refractivity contribution >= 4 is 16.9 Å². The largest absolute Gasteiger partial charge is 0.493 e. The number of carbonyl (C=O) groups excluding carboxylic acids is 1. The van der Waals surface area contributed by atoms with E-state index in [0.717, 1.165) is 40.0 Å². The molecule has 122 valence electrons. The second kappa shape index (κ2) is 5.28. The van der Waals surface area contributed by atoms with Crippen molar-refractivity contribution in [2.75, 3.05) is 0 Å². The van der Waals surface area contributed by atoms with Crippen molar-refractivity contribution in [1.29, 1.82) is 0 Å². The number of rotatable bonds is 0. The smallest absolute Gasteiger partial charge is 0.163 e. The van der Waals surface area contributed by atoms with E-state index >= 15 is 0 Å². The third-order valence-corrected chi connectivity index (χ3v) is 5.79. The molecule has 4 nitrogen and oxygen atoms in total. The van der Waals surface area contributed by atoms with Crippen molar-refractivity contribution in [3.63, 3.8) is 0 Å². The predicted molar refractivity (Wildman–Crippen MR) is 86.6 cm³/mol. The van der Waals surface area contributed by atoms with Gasteiger partial charge in [-0.2, -0.15) is 0 Å². The molecule has 0 radical (unpaired) electrons. The summed E-state index contributed by atoms with van der Waals surface area (Å²) in [4.78, 5) is 12.5. The van der Waals surface area contributed by atoms with Crippen LogP contribution in [0.25, 0.3) is 0 Å². The van der Waals surface area contributed by atoms with Crippen LogP contribution in [-0.4, -0.2) is 9.99 Å². The van der Waals surface area contributed by atoms with Crippen LogP contribution in [0.2, 0.25) is 0 Å². The standard InChI is InChI=1S/C18H20O4S/c1-18(2)6-16(19)15-5-11-3-14-10-23(20)22-9-13(14)4-12(11)8-21-17(15)7-18/h3-4H,5-10H2,1-2H3. The zero-order chi connectivity index (χ0) is 16.2. The van der Waals surface area contributed by atoms with Crippen molar-refractivity contribution in [3.05, 3.63) is 45.7 Å². The van der Waals surface area contributed by atoms with E-state index in [1.807, 2.05) is 0 Å². The Labute approximate surface area is 138 Å². The summed E-state index contributed by atoms with van der Waals surface area (Å²) in [6.45, 7) is 5.10. The molecule has 0 amide bonds. The first-order valence-corrected chi connectivity index (χ1v) is 9.19. The predicted octanol–water partition coefficient (Wildman–Crippen LogP) is 3.10. The van der Waals surface area contributed by atoms with Gasteiger partial charge in [0.1, 0.15) is 12.4 Å². The van der Waals surface area contributed by atoms with Crippen molar-refractivity contribution in [3.8, 4) is 0 Å². The molecule has 0 fully saturated rings. The highest BCUT2D eigenvalue weighted by atomic mass is 32.2. The first-order chi connectivity index (χ1) is 10.9. The number of hydrogen-bond donors (Lipinski definition) is 0. The summed E-state index contributed by atoms with van der Waals surface area (Å²) < 4.78 is 22.9. The lowest BCUT2D eigenvalue weighted by Crippen LogP contribution is -2.26. The summed E-state index contributed by atoms with van der Waals surface area (Å²) in [6.07, 6.45) is 2.02. The molecule has 0 saturated heterocycles. The van der Waals surface area contributed by atoms with Gasteiger partial charge in [0, 0.05) is 24.8 Å². The lowest BCUT2D eigenvalue weighted by Gasteiger charge is -2.31.